The Hall–Kier alpha value is -2.14. The predicted octanol–water partition coefficient (Wildman–Crippen LogP) is 2.83. The van der Waals surface area contributed by atoms with E-state index in [1.165, 1.54) is 0 Å². The molecule has 25 heavy (non-hydrogen) atoms. The van der Waals surface area contributed by atoms with Gasteiger partial charge in [0.1, 0.15) is 11.9 Å². The van der Waals surface area contributed by atoms with Gasteiger partial charge >= 0.3 is 5.97 Å². The number of hydrogen-bond donors (Lipinski definition) is 1. The highest BCUT2D eigenvalue weighted by molar-refractivity contribution is 6.04. The van der Waals surface area contributed by atoms with Crippen LogP contribution >= 0.6 is 0 Å². The maximum absolute atomic E-state index is 12.7. The Labute approximate surface area is 146 Å². The Bertz CT molecular complexity index is 855. The number of piperidine rings is 4. The highest BCUT2D eigenvalue weighted by atomic mass is 16.5. The Morgan fingerprint density at radius 1 is 1.20 bits per heavy atom. The number of ketones is 1. The molecular weight excluding hydrogens is 316 g/mol. The van der Waals surface area contributed by atoms with Crippen LogP contribution in [0.5, 0.6) is 0 Å². The topological polar surface area (TPSA) is 62.4 Å². The Morgan fingerprint density at radius 2 is 1.96 bits per heavy atom. The summed E-state index contributed by atoms with van der Waals surface area (Å²) in [7, 11) is 0. The smallest absolute Gasteiger partial charge is 0.340 e. The molecule has 4 aliphatic rings. The first-order valence-corrected chi connectivity index (χ1v) is 9.15. The normalized spacial score (nSPS) is 33.6. The summed E-state index contributed by atoms with van der Waals surface area (Å²) < 4.78 is 5.88. The summed E-state index contributed by atoms with van der Waals surface area (Å²) in [6.45, 7) is 2.62. The molecule has 5 nitrogen and oxygen atoms in total. The van der Waals surface area contributed by atoms with Crippen LogP contribution in [0, 0.1) is 12.8 Å². The van der Waals surface area contributed by atoms with Gasteiger partial charge in [-0.05, 0) is 31.9 Å². The third-order valence-electron chi connectivity index (χ3n) is 6.25. The fourth-order valence-corrected chi connectivity index (χ4v) is 5.03. The van der Waals surface area contributed by atoms with Gasteiger partial charge in [-0.3, -0.25) is 9.69 Å². The van der Waals surface area contributed by atoms with E-state index >= 15 is 0 Å². The average Bonchev–Trinajstić information content (AvgIpc) is 2.98. The zero-order valence-electron chi connectivity index (χ0n) is 14.3. The second kappa shape index (κ2) is 5.43. The van der Waals surface area contributed by atoms with Crippen LogP contribution < -0.4 is 0 Å². The molecule has 5 heteroatoms. The van der Waals surface area contributed by atoms with E-state index in [9.17, 15) is 9.59 Å². The van der Waals surface area contributed by atoms with Crippen LogP contribution in [0.4, 0.5) is 0 Å². The summed E-state index contributed by atoms with van der Waals surface area (Å²) in [6.07, 6.45) is 5.30. The van der Waals surface area contributed by atoms with Crippen molar-refractivity contribution in [2.45, 2.75) is 50.8 Å². The van der Waals surface area contributed by atoms with Gasteiger partial charge < -0.3 is 9.72 Å². The number of H-pyrrole nitrogens is 1. The number of rotatable bonds is 2. The number of aromatic nitrogens is 1. The van der Waals surface area contributed by atoms with Crippen molar-refractivity contribution in [3.63, 3.8) is 0 Å². The highest BCUT2D eigenvalue weighted by Crippen LogP contribution is 2.42. The molecule has 5 heterocycles. The van der Waals surface area contributed by atoms with Gasteiger partial charge in [-0.15, -0.1) is 0 Å². The molecular formula is C20H22N2O3. The van der Waals surface area contributed by atoms with Gasteiger partial charge in [0.05, 0.1) is 12.1 Å². The number of nitrogens with one attached hydrogen (secondary N) is 1. The molecule has 1 aromatic carbocycles. The van der Waals surface area contributed by atoms with Crippen LogP contribution in [-0.4, -0.2) is 46.4 Å². The molecule has 2 atom stereocenters. The van der Waals surface area contributed by atoms with Crippen molar-refractivity contribution in [1.29, 1.82) is 0 Å². The molecule has 130 valence electrons. The monoisotopic (exact) mass is 338 g/mol. The number of Topliss-reactive ketones (excluding diaryl/α,β-unsaturated/α-hetero) is 1. The molecule has 2 unspecified atom stereocenters. The molecule has 2 aromatic rings. The zero-order valence-corrected chi connectivity index (χ0v) is 14.3. The van der Waals surface area contributed by atoms with E-state index in [2.05, 4.69) is 9.88 Å². The molecule has 0 amide bonds. The van der Waals surface area contributed by atoms with Crippen molar-refractivity contribution in [2.24, 2.45) is 5.92 Å². The number of ether oxygens (including phenoxy) is 1. The fraction of sp³-hybridized carbons (Fsp3) is 0.500. The first-order chi connectivity index (χ1) is 12.1. The first-order valence-electron chi connectivity index (χ1n) is 9.15. The lowest BCUT2D eigenvalue weighted by Crippen LogP contribution is -2.63. The second-order valence-corrected chi connectivity index (χ2v) is 7.86. The van der Waals surface area contributed by atoms with Crippen LogP contribution in [0.3, 0.4) is 0 Å². The van der Waals surface area contributed by atoms with Crippen molar-refractivity contribution in [3.8, 4) is 0 Å². The fourth-order valence-electron chi connectivity index (χ4n) is 5.03. The van der Waals surface area contributed by atoms with Gasteiger partial charge in [-0.1, -0.05) is 11.6 Å². The standard InChI is InChI=1S/C20H22N2O3/c1-11-2-3-18-16(4-11)17(9-21-18)20(24)25-15-7-13-5-12-6-14(8-15)22(13)10-19(12)23/h2-4,9,12-15,21H,5-8,10H2,1H3. The Balaban J connectivity index is 1.33. The minimum atomic E-state index is -0.238. The number of carbonyl (C=O) groups excluding carboxylic acids is 2. The SMILES string of the molecule is Cc1ccc2[nH]cc(C(=O)OC3CC4CC5CC(C3)N4CC5=O)c2c1. The van der Waals surface area contributed by atoms with Crippen LogP contribution in [0.2, 0.25) is 0 Å². The van der Waals surface area contributed by atoms with E-state index in [1.54, 1.807) is 6.20 Å². The van der Waals surface area contributed by atoms with Crippen molar-refractivity contribution < 1.29 is 14.3 Å². The number of carbonyl (C=O) groups is 2. The third kappa shape index (κ3) is 2.41. The van der Waals surface area contributed by atoms with Crippen molar-refractivity contribution in [3.05, 3.63) is 35.5 Å². The molecule has 4 saturated heterocycles. The lowest BCUT2D eigenvalue weighted by atomic mass is 9.72. The van der Waals surface area contributed by atoms with E-state index in [4.69, 9.17) is 4.74 Å². The maximum atomic E-state index is 12.7. The van der Waals surface area contributed by atoms with Crippen molar-refractivity contribution in [2.75, 3.05) is 6.54 Å². The second-order valence-electron chi connectivity index (χ2n) is 7.86. The summed E-state index contributed by atoms with van der Waals surface area (Å²) in [6, 6.07) is 6.85. The van der Waals surface area contributed by atoms with Crippen molar-refractivity contribution >= 4 is 22.7 Å². The molecule has 0 aliphatic carbocycles. The van der Waals surface area contributed by atoms with Gasteiger partial charge in [0.25, 0.3) is 0 Å². The number of esters is 1. The highest BCUT2D eigenvalue weighted by Gasteiger charge is 2.49. The van der Waals surface area contributed by atoms with Gasteiger partial charge in [-0.2, -0.15) is 0 Å². The average molecular weight is 338 g/mol. The number of benzene rings is 1. The molecule has 6 rings (SSSR count). The van der Waals surface area contributed by atoms with Crippen LogP contribution in [0.1, 0.15) is 41.6 Å². The summed E-state index contributed by atoms with van der Waals surface area (Å²) >= 11 is 0. The summed E-state index contributed by atoms with van der Waals surface area (Å²) in [4.78, 5) is 30.1. The van der Waals surface area contributed by atoms with E-state index in [1.807, 2.05) is 25.1 Å². The van der Waals surface area contributed by atoms with E-state index in [0.29, 0.717) is 30.0 Å². The van der Waals surface area contributed by atoms with Gasteiger partial charge in [-0.25, -0.2) is 4.79 Å². The minimum Gasteiger partial charge on any atom is -0.459 e. The molecule has 0 radical (unpaired) electrons. The summed E-state index contributed by atoms with van der Waals surface area (Å²) in [5, 5.41) is 0.925. The quantitative estimate of drug-likeness (QED) is 0.856. The van der Waals surface area contributed by atoms with Gasteiger partial charge in [0, 0.05) is 47.9 Å². The predicted molar refractivity (Wildman–Crippen MR) is 93.5 cm³/mol. The van der Waals surface area contributed by atoms with Crippen LogP contribution in [0.15, 0.2) is 24.4 Å². The van der Waals surface area contributed by atoms with Gasteiger partial charge in [0.15, 0.2) is 0 Å². The maximum Gasteiger partial charge on any atom is 0.340 e. The van der Waals surface area contributed by atoms with Crippen LogP contribution in [-0.2, 0) is 9.53 Å². The molecule has 1 N–H and O–H groups in total. The first kappa shape index (κ1) is 15.1. The van der Waals surface area contributed by atoms with E-state index in [0.717, 1.165) is 42.1 Å². The number of nitrogens with zero attached hydrogens (tertiary/aromatic N) is 1. The number of fused-ring (bicyclic) bond motifs is 2. The van der Waals surface area contributed by atoms with Gasteiger partial charge in [0.2, 0.25) is 0 Å². The molecule has 4 aliphatic heterocycles. The molecule has 1 aromatic heterocycles. The summed E-state index contributed by atoms with van der Waals surface area (Å²) in [5.41, 5.74) is 2.70. The van der Waals surface area contributed by atoms with E-state index < -0.39 is 0 Å². The molecule has 0 spiro atoms. The van der Waals surface area contributed by atoms with Crippen molar-refractivity contribution in [1.82, 2.24) is 9.88 Å². The van der Waals surface area contributed by atoms with Crippen LogP contribution in [0.25, 0.3) is 10.9 Å². The zero-order chi connectivity index (χ0) is 17.1. The van der Waals surface area contributed by atoms with E-state index in [-0.39, 0.29) is 18.0 Å². The lowest BCUT2D eigenvalue weighted by molar-refractivity contribution is -0.145. The number of aryl methyl sites for hydroxylation is 1. The Morgan fingerprint density at radius 3 is 2.68 bits per heavy atom. The third-order valence-corrected chi connectivity index (χ3v) is 6.25. The molecule has 0 saturated carbocycles. The lowest BCUT2D eigenvalue weighted by Gasteiger charge is -2.54. The summed E-state index contributed by atoms with van der Waals surface area (Å²) in [5.74, 6) is 0.406. The number of aromatic amines is 1. The molecule has 4 fully saturated rings. The minimum absolute atomic E-state index is 0.0392. The Kier molecular flexibility index (Phi) is 3.29. The number of hydrogen-bond acceptors (Lipinski definition) is 4. The molecule has 4 bridgehead atoms. The largest absolute Gasteiger partial charge is 0.459 e.